The van der Waals surface area contributed by atoms with Crippen LogP contribution in [0.15, 0.2) is 48.5 Å². The number of carbonyl (C=O) groups excluding carboxylic acids is 1. The Morgan fingerprint density at radius 2 is 1.64 bits per heavy atom. The number of amides is 1. The molecule has 1 saturated heterocycles. The van der Waals surface area contributed by atoms with Crippen LogP contribution >= 0.6 is 0 Å². The van der Waals surface area contributed by atoms with Crippen LogP contribution in [0.2, 0.25) is 0 Å². The third-order valence-corrected chi connectivity index (χ3v) is 6.93. The molecule has 28 heavy (non-hydrogen) atoms. The molecule has 4 heteroatoms. The van der Waals surface area contributed by atoms with E-state index in [0.29, 0.717) is 18.4 Å². The maximum atomic E-state index is 12.8. The van der Waals surface area contributed by atoms with Crippen LogP contribution in [0.5, 0.6) is 0 Å². The molecule has 2 aromatic rings. The summed E-state index contributed by atoms with van der Waals surface area (Å²) in [7, 11) is 0. The molecule has 0 bridgehead atoms. The van der Waals surface area contributed by atoms with E-state index in [-0.39, 0.29) is 18.1 Å². The molecule has 0 aromatic heterocycles. The second kappa shape index (κ2) is 7.25. The third-order valence-electron chi connectivity index (χ3n) is 6.93. The largest absolute Gasteiger partial charge is 0.448 e. The van der Waals surface area contributed by atoms with Crippen molar-refractivity contribution in [1.82, 2.24) is 4.90 Å². The summed E-state index contributed by atoms with van der Waals surface area (Å²) in [6, 6.07) is 16.8. The summed E-state index contributed by atoms with van der Waals surface area (Å²) in [6.45, 7) is 1.90. The summed E-state index contributed by atoms with van der Waals surface area (Å²) in [5.74, 6) is 1.18. The zero-order valence-electron chi connectivity index (χ0n) is 16.1. The highest BCUT2D eigenvalue weighted by Crippen LogP contribution is 2.44. The van der Waals surface area contributed by atoms with Crippen molar-refractivity contribution in [3.63, 3.8) is 0 Å². The zero-order chi connectivity index (χ0) is 19.1. The van der Waals surface area contributed by atoms with Gasteiger partial charge in [-0.3, -0.25) is 0 Å². The zero-order valence-corrected chi connectivity index (χ0v) is 16.1. The molecule has 3 aliphatic rings. The van der Waals surface area contributed by atoms with Crippen molar-refractivity contribution in [3.8, 4) is 11.1 Å². The van der Waals surface area contributed by atoms with Gasteiger partial charge in [0.1, 0.15) is 6.61 Å². The average molecular weight is 377 g/mol. The summed E-state index contributed by atoms with van der Waals surface area (Å²) < 4.78 is 5.82. The van der Waals surface area contributed by atoms with Crippen molar-refractivity contribution in [1.29, 1.82) is 0 Å². The molecule has 1 saturated carbocycles. The van der Waals surface area contributed by atoms with E-state index in [2.05, 4.69) is 48.5 Å². The van der Waals surface area contributed by atoms with Crippen molar-refractivity contribution < 1.29 is 14.6 Å². The molecule has 2 fully saturated rings. The summed E-state index contributed by atoms with van der Waals surface area (Å²) in [4.78, 5) is 14.7. The molecular weight excluding hydrogens is 350 g/mol. The van der Waals surface area contributed by atoms with Crippen molar-refractivity contribution in [2.75, 3.05) is 19.7 Å². The van der Waals surface area contributed by atoms with Crippen LogP contribution in [0.25, 0.3) is 11.1 Å². The highest BCUT2D eigenvalue weighted by Gasteiger charge is 2.37. The SMILES string of the molecule is O=C(OCC1c2ccccc2-c2ccccc21)N1CCC2CC(O)CCC2C1. The first-order chi connectivity index (χ1) is 13.7. The monoisotopic (exact) mass is 377 g/mol. The highest BCUT2D eigenvalue weighted by atomic mass is 16.6. The lowest BCUT2D eigenvalue weighted by Gasteiger charge is -2.42. The van der Waals surface area contributed by atoms with E-state index < -0.39 is 0 Å². The fourth-order valence-corrected chi connectivity index (χ4v) is 5.44. The van der Waals surface area contributed by atoms with Gasteiger partial charge in [0.15, 0.2) is 0 Å². The van der Waals surface area contributed by atoms with Crippen LogP contribution in [0, 0.1) is 11.8 Å². The summed E-state index contributed by atoms with van der Waals surface area (Å²) in [6.07, 6.45) is 3.40. The minimum atomic E-state index is -0.188. The molecule has 1 heterocycles. The number of nitrogens with zero attached hydrogens (tertiary/aromatic N) is 1. The van der Waals surface area contributed by atoms with E-state index in [1.807, 2.05) is 4.90 Å². The standard InChI is InChI=1S/C24H27NO3/c26-18-10-9-17-14-25(12-11-16(17)13-18)24(27)28-15-23-21-7-3-1-5-19(21)20-6-2-4-8-22(20)23/h1-8,16-18,23,26H,9-15H2. The molecule has 0 radical (unpaired) electrons. The Balaban J connectivity index is 1.26. The van der Waals surface area contributed by atoms with Crippen molar-refractivity contribution in [3.05, 3.63) is 59.7 Å². The van der Waals surface area contributed by atoms with Gasteiger partial charge in [-0.1, -0.05) is 48.5 Å². The van der Waals surface area contributed by atoms with Crippen LogP contribution in [-0.4, -0.2) is 41.9 Å². The highest BCUT2D eigenvalue weighted by molar-refractivity contribution is 5.79. The van der Waals surface area contributed by atoms with Gasteiger partial charge in [0.2, 0.25) is 0 Å². The molecular formula is C24H27NO3. The Labute approximate surface area is 166 Å². The first kappa shape index (κ1) is 17.7. The normalized spacial score (nSPS) is 26.3. The molecule has 4 nitrogen and oxygen atoms in total. The first-order valence-corrected chi connectivity index (χ1v) is 10.5. The number of piperidine rings is 1. The minimum absolute atomic E-state index is 0.110. The van der Waals surface area contributed by atoms with Crippen LogP contribution in [0.1, 0.15) is 42.7 Å². The van der Waals surface area contributed by atoms with E-state index in [4.69, 9.17) is 4.74 Å². The van der Waals surface area contributed by atoms with Gasteiger partial charge in [-0.15, -0.1) is 0 Å². The molecule has 3 unspecified atom stereocenters. The van der Waals surface area contributed by atoms with Gasteiger partial charge >= 0.3 is 6.09 Å². The Bertz CT molecular complexity index is 834. The summed E-state index contributed by atoms with van der Waals surface area (Å²) in [5.41, 5.74) is 4.99. The maximum Gasteiger partial charge on any atom is 0.409 e. The second-order valence-electron chi connectivity index (χ2n) is 8.53. The predicted molar refractivity (Wildman–Crippen MR) is 108 cm³/mol. The lowest BCUT2D eigenvalue weighted by molar-refractivity contribution is 0.0159. The molecule has 2 aliphatic carbocycles. The smallest absolute Gasteiger partial charge is 0.409 e. The predicted octanol–water partition coefficient (Wildman–Crippen LogP) is 4.42. The fourth-order valence-electron chi connectivity index (χ4n) is 5.44. The van der Waals surface area contributed by atoms with Gasteiger partial charge in [-0.05, 0) is 59.8 Å². The number of hydrogen-bond donors (Lipinski definition) is 1. The number of rotatable bonds is 2. The van der Waals surface area contributed by atoms with Crippen molar-refractivity contribution in [2.45, 2.75) is 37.7 Å². The van der Waals surface area contributed by atoms with Gasteiger partial charge in [0, 0.05) is 19.0 Å². The number of aliphatic hydroxyl groups is 1. The fraction of sp³-hybridized carbons (Fsp3) is 0.458. The van der Waals surface area contributed by atoms with Crippen LogP contribution < -0.4 is 0 Å². The van der Waals surface area contributed by atoms with Crippen molar-refractivity contribution in [2.24, 2.45) is 11.8 Å². The van der Waals surface area contributed by atoms with E-state index in [1.165, 1.54) is 22.3 Å². The molecule has 1 N–H and O–H groups in total. The second-order valence-corrected chi connectivity index (χ2v) is 8.53. The first-order valence-electron chi connectivity index (χ1n) is 10.5. The Morgan fingerprint density at radius 1 is 0.964 bits per heavy atom. The molecule has 5 rings (SSSR count). The molecule has 2 aromatic carbocycles. The maximum absolute atomic E-state index is 12.8. The number of benzene rings is 2. The topological polar surface area (TPSA) is 49.8 Å². The number of aliphatic hydroxyl groups excluding tert-OH is 1. The number of likely N-dealkylation sites (tertiary alicyclic amines) is 1. The lowest BCUT2D eigenvalue weighted by Crippen LogP contribution is -2.46. The van der Waals surface area contributed by atoms with Crippen LogP contribution in [0.4, 0.5) is 4.79 Å². The number of ether oxygens (including phenoxy) is 1. The molecule has 146 valence electrons. The number of fused-ring (bicyclic) bond motifs is 4. The van der Waals surface area contributed by atoms with Crippen molar-refractivity contribution >= 4 is 6.09 Å². The average Bonchev–Trinajstić information content (AvgIpc) is 3.05. The number of hydrogen-bond acceptors (Lipinski definition) is 3. The van der Waals surface area contributed by atoms with E-state index in [1.54, 1.807) is 0 Å². The van der Waals surface area contributed by atoms with Gasteiger partial charge in [0.05, 0.1) is 6.10 Å². The van der Waals surface area contributed by atoms with E-state index in [9.17, 15) is 9.90 Å². The number of carbonyl (C=O) groups is 1. The van der Waals surface area contributed by atoms with E-state index >= 15 is 0 Å². The van der Waals surface area contributed by atoms with Gasteiger partial charge < -0.3 is 14.7 Å². The molecule has 3 atom stereocenters. The summed E-state index contributed by atoms with van der Waals surface area (Å²) in [5, 5.41) is 9.88. The third kappa shape index (κ3) is 3.10. The summed E-state index contributed by atoms with van der Waals surface area (Å²) >= 11 is 0. The molecule has 1 aliphatic heterocycles. The van der Waals surface area contributed by atoms with E-state index in [0.717, 1.165) is 38.8 Å². The quantitative estimate of drug-likeness (QED) is 0.843. The minimum Gasteiger partial charge on any atom is -0.448 e. The lowest BCUT2D eigenvalue weighted by atomic mass is 9.74. The molecule has 1 amide bonds. The molecule has 0 spiro atoms. The van der Waals surface area contributed by atoms with Gasteiger partial charge in [-0.25, -0.2) is 4.79 Å². The Hall–Kier alpha value is -2.33. The Morgan fingerprint density at radius 3 is 2.36 bits per heavy atom. The van der Waals surface area contributed by atoms with Gasteiger partial charge in [-0.2, -0.15) is 0 Å². The van der Waals surface area contributed by atoms with Crippen LogP contribution in [-0.2, 0) is 4.74 Å². The van der Waals surface area contributed by atoms with Gasteiger partial charge in [0.25, 0.3) is 0 Å². The Kier molecular flexibility index (Phi) is 4.59. The van der Waals surface area contributed by atoms with Crippen LogP contribution in [0.3, 0.4) is 0 Å².